The number of rotatable bonds is 12. The molecule has 3 aromatic heterocycles. The Morgan fingerprint density at radius 2 is 0.812 bits per heavy atom. The van der Waals surface area contributed by atoms with Gasteiger partial charge in [0, 0.05) is 58.9 Å². The van der Waals surface area contributed by atoms with Crippen molar-refractivity contribution in [2.24, 2.45) is 0 Å². The largest absolute Gasteiger partial charge is 1.00 e. The van der Waals surface area contributed by atoms with Crippen LogP contribution in [0.15, 0.2) is 97.1 Å². The van der Waals surface area contributed by atoms with E-state index in [9.17, 15) is 19.8 Å². The number of aromatic carboxylic acids is 2. The van der Waals surface area contributed by atoms with E-state index in [2.05, 4.69) is 136 Å². The Morgan fingerprint density at radius 3 is 1.21 bits per heavy atom. The van der Waals surface area contributed by atoms with Crippen LogP contribution in [-0.4, -0.2) is 77.9 Å². The zero-order chi connectivity index (χ0) is 55.2. The number of fused-ring (bicyclic) bond motifs is 8. The minimum atomic E-state index is -2.08. The minimum absolute atomic E-state index is 0. The van der Waals surface area contributed by atoms with Gasteiger partial charge in [0.25, 0.3) is 0 Å². The normalized spacial score (nSPS) is 11.2. The smallest absolute Gasteiger partial charge is 0.545 e. The fourth-order valence-corrected chi connectivity index (χ4v) is 14.2. The number of nitrogens with one attached hydrogen (secondary N) is 2. The Hall–Kier alpha value is -3.95. The maximum Gasteiger partial charge on any atom is 1.00 e. The van der Waals surface area contributed by atoms with E-state index >= 15 is 0 Å². The Morgan fingerprint density at radius 1 is 0.475 bits per heavy atom. The minimum Gasteiger partial charge on any atom is -0.545 e. The van der Waals surface area contributed by atoms with Gasteiger partial charge in [0.05, 0.1) is 42.8 Å². The van der Waals surface area contributed by atoms with Crippen molar-refractivity contribution < 1.29 is 157 Å². The van der Waals surface area contributed by atoms with E-state index in [1.54, 1.807) is 24.3 Å². The molecule has 12 nitrogen and oxygen atoms in total. The zero-order valence-electron chi connectivity index (χ0n) is 48.3. The standard InChI is InChI=1S/C58H60N4O4Si4.2CO2.4Na/c1-67(2)33-35-13-11-14-37(25-35)53-45-17-18-47(59-45)54(38-15-12-16-43(30-38)69(5,6)7)48-20-22-51(61-48)56(40-29-42(58(65)66)32-44(31-40)70(8,9)10)52-24-23-50(62-52)55(49-21-19-46(53)60-49)39-26-36(34-68(3)4)27-41(28-39)57(63)64;2*2-1-3;;;;/h13-32,59,62,67-68H,33-34H2,1-10H3,(H,63,64)(H,65,66);;;;;;/q-2;;;4*+1/p-2. The maximum absolute atomic E-state index is 12.8. The van der Waals surface area contributed by atoms with Crippen LogP contribution >= 0.6 is 0 Å². The van der Waals surface area contributed by atoms with E-state index in [0.717, 1.165) is 67.5 Å². The Bertz CT molecular complexity index is 3730. The summed E-state index contributed by atoms with van der Waals surface area (Å²) in [6, 6.07) is 40.8. The van der Waals surface area contributed by atoms with E-state index < -0.39 is 45.7 Å². The summed E-state index contributed by atoms with van der Waals surface area (Å²) in [5.41, 5.74) is 14.9. The molecular formula is C60H58N4Na4O8Si4. The van der Waals surface area contributed by atoms with Crippen LogP contribution in [0.25, 0.3) is 90.9 Å². The second-order valence-corrected chi connectivity index (χ2v) is 38.3. The van der Waals surface area contributed by atoms with Crippen LogP contribution in [0.4, 0.5) is 0 Å². The molecule has 4 aromatic carbocycles. The number of carbonyl (C=O) groups is 2. The Kier molecular flexibility index (Phi) is 26.9. The SMILES string of the molecule is C[SiH](C)Cc1c[c-]cc(-c2c3nc(c(-c4cc(C[SiH](C)C)cc(C(=O)[O-])c4)c4ccc([nH]4)c(-c4cc(C(=O)[O-])cc([Si](C)(C)C)c4)c4nc(c(-c5c[c-]cc([Si](C)(C)C)c5)c5ccc2[nH]5)C=C4)C=C3)c1.O=C=O.O=C=O.[Na+].[Na+].[Na+].[Na+]. The fourth-order valence-electron chi connectivity index (χ4n) is 9.59. The molecule has 0 atom stereocenters. The molecule has 8 bridgehead atoms. The molecule has 0 radical (unpaired) electrons. The van der Waals surface area contributed by atoms with Gasteiger partial charge in [0.1, 0.15) is 0 Å². The summed E-state index contributed by atoms with van der Waals surface area (Å²) in [5.74, 6) is -2.50. The fraction of sp³-hybridized carbons (Fsp3) is 0.200. The molecule has 0 fully saturated rings. The van der Waals surface area contributed by atoms with Crippen LogP contribution in [0.3, 0.4) is 0 Å². The van der Waals surface area contributed by atoms with Gasteiger partial charge in [-0.25, -0.2) is 9.97 Å². The van der Waals surface area contributed by atoms with Gasteiger partial charge in [-0.15, -0.1) is 11.1 Å². The van der Waals surface area contributed by atoms with Crippen molar-refractivity contribution in [3.63, 3.8) is 0 Å². The molecule has 0 saturated heterocycles. The van der Waals surface area contributed by atoms with Crippen molar-refractivity contribution in [2.75, 3.05) is 0 Å². The molecule has 80 heavy (non-hydrogen) atoms. The number of hydrogen-bond acceptors (Lipinski definition) is 10. The van der Waals surface area contributed by atoms with Crippen LogP contribution in [0, 0.1) is 12.1 Å². The summed E-state index contributed by atoms with van der Waals surface area (Å²) in [5, 5.41) is 27.7. The summed E-state index contributed by atoms with van der Waals surface area (Å²) >= 11 is 0. The van der Waals surface area contributed by atoms with Crippen molar-refractivity contribution in [1.29, 1.82) is 0 Å². The number of carboxylic acid groups (broad SMARTS) is 2. The molecule has 386 valence electrons. The summed E-state index contributed by atoms with van der Waals surface area (Å²) in [4.78, 5) is 76.6. The van der Waals surface area contributed by atoms with Crippen molar-refractivity contribution in [3.05, 3.63) is 154 Å². The number of H-pyrrole nitrogens is 2. The van der Waals surface area contributed by atoms with Crippen molar-refractivity contribution >= 4 is 115 Å². The van der Waals surface area contributed by atoms with Gasteiger partial charge >= 0.3 is 131 Å². The van der Waals surface area contributed by atoms with E-state index in [1.807, 2.05) is 48.6 Å². The third-order valence-corrected chi connectivity index (χ3v) is 19.6. The first-order valence-corrected chi connectivity index (χ1v) is 38.2. The second kappa shape index (κ2) is 30.6. The number of hydrogen-bond donors (Lipinski definition) is 2. The predicted octanol–water partition coefficient (Wildman–Crippen LogP) is -3.27. The van der Waals surface area contributed by atoms with E-state index in [4.69, 9.17) is 29.1 Å². The van der Waals surface area contributed by atoms with Gasteiger partial charge in [-0.2, -0.15) is 78.5 Å². The quantitative estimate of drug-likeness (QED) is 0.0923. The molecule has 9 rings (SSSR count). The maximum atomic E-state index is 12.8. The third kappa shape index (κ3) is 17.1. The Labute approximate surface area is 561 Å². The molecule has 2 aliphatic heterocycles. The number of aromatic nitrogens is 4. The van der Waals surface area contributed by atoms with Crippen LogP contribution in [0.2, 0.25) is 65.5 Å². The molecule has 7 aromatic rings. The number of benzene rings is 4. The van der Waals surface area contributed by atoms with Gasteiger partial charge in [-0.05, 0) is 106 Å². The number of carboxylic acids is 2. The Balaban J connectivity index is 0.00000161. The summed E-state index contributed by atoms with van der Waals surface area (Å²) in [6.45, 7) is 22.8. The summed E-state index contributed by atoms with van der Waals surface area (Å²) in [6.07, 6.45) is 8.61. The van der Waals surface area contributed by atoms with Crippen LogP contribution in [0.1, 0.15) is 54.6 Å². The van der Waals surface area contributed by atoms with Crippen molar-refractivity contribution in [1.82, 2.24) is 19.9 Å². The zero-order valence-corrected chi connectivity index (χ0v) is 60.6. The summed E-state index contributed by atoms with van der Waals surface area (Å²) < 4.78 is 0. The van der Waals surface area contributed by atoms with Gasteiger partial charge in [0.15, 0.2) is 0 Å². The first-order valence-electron chi connectivity index (χ1n) is 24.9. The number of carbonyl (C=O) groups excluding carboxylic acids is 6. The van der Waals surface area contributed by atoms with Gasteiger partial charge in [-0.1, -0.05) is 101 Å². The molecule has 20 heteroatoms. The average Bonchev–Trinajstić information content (AvgIpc) is 4.22. The van der Waals surface area contributed by atoms with Crippen LogP contribution < -0.4 is 139 Å². The van der Waals surface area contributed by atoms with Crippen molar-refractivity contribution in [2.45, 2.75) is 77.6 Å². The van der Waals surface area contributed by atoms with E-state index in [-0.39, 0.29) is 142 Å². The first-order chi connectivity index (χ1) is 36.0. The molecular weight excluding hydrogens is 1110 g/mol. The summed E-state index contributed by atoms with van der Waals surface area (Å²) in [7, 11) is -6.01. The number of aromatic amines is 2. The predicted molar refractivity (Wildman–Crippen MR) is 308 cm³/mol. The van der Waals surface area contributed by atoms with E-state index in [0.29, 0.717) is 44.7 Å². The van der Waals surface area contributed by atoms with Crippen LogP contribution in [0.5, 0.6) is 0 Å². The molecule has 0 spiro atoms. The molecule has 0 unspecified atom stereocenters. The molecule has 0 amide bonds. The van der Waals surface area contributed by atoms with E-state index in [1.165, 1.54) is 10.8 Å². The first kappa shape index (κ1) is 70.3. The van der Waals surface area contributed by atoms with Crippen LogP contribution in [-0.2, 0) is 31.3 Å². The third-order valence-electron chi connectivity index (χ3n) is 13.0. The van der Waals surface area contributed by atoms with Crippen molar-refractivity contribution in [3.8, 4) is 44.5 Å². The average molecular weight is 1170 g/mol. The van der Waals surface area contributed by atoms with Gasteiger partial charge < -0.3 is 29.8 Å². The van der Waals surface area contributed by atoms with Gasteiger partial charge in [0.2, 0.25) is 0 Å². The topological polar surface area (TPSA) is 206 Å². The molecule has 0 aliphatic carbocycles. The monoisotopic (exact) mass is 1170 g/mol. The number of nitrogens with zero attached hydrogens (tertiary/aromatic N) is 2. The molecule has 5 heterocycles. The molecule has 2 aliphatic rings. The van der Waals surface area contributed by atoms with Gasteiger partial charge in [-0.3, -0.25) is 0 Å². The second-order valence-electron chi connectivity index (χ2n) is 21.8. The molecule has 0 saturated carbocycles. The molecule has 2 N–H and O–H groups in total.